The first kappa shape index (κ1) is 13.5. The molecule has 0 radical (unpaired) electrons. The molecule has 0 aliphatic rings. The molecule has 92 valence electrons. The zero-order valence-electron chi connectivity index (χ0n) is 7.89. The van der Waals surface area contributed by atoms with E-state index in [-0.39, 0.29) is 17.3 Å². The van der Waals surface area contributed by atoms with Gasteiger partial charge in [-0.1, -0.05) is 0 Å². The van der Waals surface area contributed by atoms with Crippen molar-refractivity contribution in [2.45, 2.75) is 0 Å². The van der Waals surface area contributed by atoms with Crippen LogP contribution in [-0.4, -0.2) is 21.9 Å². The van der Waals surface area contributed by atoms with Crippen molar-refractivity contribution in [3.05, 3.63) is 29.0 Å². The summed E-state index contributed by atoms with van der Waals surface area (Å²) in [4.78, 5) is 15.0. The van der Waals surface area contributed by atoms with Crippen LogP contribution in [0.3, 0.4) is 0 Å². The van der Waals surface area contributed by atoms with Gasteiger partial charge in [0.1, 0.15) is 0 Å². The molecule has 1 N–H and O–H groups in total. The van der Waals surface area contributed by atoms with E-state index >= 15 is 0 Å². The van der Waals surface area contributed by atoms with Gasteiger partial charge in [-0.25, -0.2) is 0 Å². The number of amides is 1. The molecule has 0 saturated heterocycles. The molecule has 0 saturated carbocycles. The number of nitrogens with zero attached hydrogens (tertiary/aromatic N) is 1. The van der Waals surface area contributed by atoms with Gasteiger partial charge in [0.25, 0.3) is 0 Å². The van der Waals surface area contributed by atoms with E-state index in [4.69, 9.17) is 11.6 Å². The van der Waals surface area contributed by atoms with E-state index in [9.17, 15) is 13.4 Å². The van der Waals surface area contributed by atoms with E-state index in [1.807, 2.05) is 0 Å². The van der Waals surface area contributed by atoms with Crippen LogP contribution < -0.4 is 25.5 Å². The molecule has 0 atom stereocenters. The van der Waals surface area contributed by atoms with E-state index in [2.05, 4.69) is 10.3 Å². The average Bonchev–Trinajstić information content (AvgIpc) is 2.16. The maximum atomic E-state index is 12.0. The van der Waals surface area contributed by atoms with Crippen LogP contribution in [0.15, 0.2) is 18.3 Å². The zero-order valence-corrected chi connectivity index (χ0v) is 10.8. The number of rotatable bonds is 4. The van der Waals surface area contributed by atoms with Gasteiger partial charge in [-0.3, -0.25) is 0 Å². The molecule has 1 amide bonds. The number of carbonyl (C=O) groups is 1. The van der Waals surface area contributed by atoms with Crippen molar-refractivity contribution in [1.29, 1.82) is 0 Å². The Bertz CT molecular complexity index is 369. The Morgan fingerprint density at radius 2 is 2.12 bits per heavy atom. The summed E-state index contributed by atoms with van der Waals surface area (Å²) in [7, 11) is 0. The number of hydrogen-bond acceptors (Lipinski definition) is 2. The SMILES string of the molecule is O=C(NCC[I-](F)(F)F)c1ccc(Cl)nc1. The van der Waals surface area contributed by atoms with Gasteiger partial charge in [-0.15, -0.1) is 0 Å². The summed E-state index contributed by atoms with van der Waals surface area (Å²) in [6.07, 6.45) is 1.21. The summed E-state index contributed by atoms with van der Waals surface area (Å²) in [5, 5.41) is 2.40. The van der Waals surface area contributed by atoms with Crippen molar-refractivity contribution in [3.63, 3.8) is 0 Å². The first-order valence-corrected chi connectivity index (χ1v) is 8.47. The first-order chi connectivity index (χ1) is 7.38. The number of hydrogen-bond donors (Lipinski definition) is 1. The molecule has 1 aromatic rings. The van der Waals surface area contributed by atoms with Crippen LogP contribution in [0.5, 0.6) is 0 Å². The van der Waals surface area contributed by atoms with Gasteiger partial charge < -0.3 is 0 Å². The topological polar surface area (TPSA) is 42.0 Å². The molecule has 0 aromatic carbocycles. The molecule has 0 bridgehead atoms. The summed E-state index contributed by atoms with van der Waals surface area (Å²) in [5.74, 6) is -0.575. The predicted octanol–water partition coefficient (Wildman–Crippen LogP) is -0.721. The van der Waals surface area contributed by atoms with Gasteiger partial charge in [0.15, 0.2) is 0 Å². The van der Waals surface area contributed by atoms with Crippen molar-refractivity contribution >= 4 is 17.5 Å². The van der Waals surface area contributed by atoms with Crippen LogP contribution in [0, 0.1) is 0 Å². The molecular weight excluding hydrogens is 359 g/mol. The first-order valence-electron chi connectivity index (χ1n) is 4.12. The molecule has 16 heavy (non-hydrogen) atoms. The molecule has 0 fully saturated rings. The third-order valence-corrected chi connectivity index (χ3v) is 3.57. The van der Waals surface area contributed by atoms with Gasteiger partial charge >= 0.3 is 101 Å². The second-order valence-corrected chi connectivity index (χ2v) is 6.90. The molecule has 8 heteroatoms. The second kappa shape index (κ2) is 5.67. The fourth-order valence-electron chi connectivity index (χ4n) is 0.880. The standard InChI is InChI=1S/C8H8ClF3IN2O/c9-7-2-1-6(5-15-7)8(16)14-4-3-13(10,11)12/h1-2,5H,3-4H2,(H,14,16)/q-1. The summed E-state index contributed by atoms with van der Waals surface area (Å²) >= 11 is -0.478. The van der Waals surface area contributed by atoms with Gasteiger partial charge in [0, 0.05) is 0 Å². The van der Waals surface area contributed by atoms with Crippen LogP contribution in [-0.2, 0) is 0 Å². The number of carbonyl (C=O) groups excluding carboxylic acids is 1. The van der Waals surface area contributed by atoms with E-state index in [1.165, 1.54) is 18.3 Å². The second-order valence-electron chi connectivity index (χ2n) is 2.78. The third-order valence-electron chi connectivity index (χ3n) is 1.58. The van der Waals surface area contributed by atoms with Crippen LogP contribution >= 0.6 is 11.6 Å². The van der Waals surface area contributed by atoms with Crippen LogP contribution in [0.1, 0.15) is 10.4 Å². The van der Waals surface area contributed by atoms with Crippen molar-refractivity contribution < 1.29 is 33.5 Å². The molecule has 3 nitrogen and oxygen atoms in total. The molecule has 0 aliphatic carbocycles. The van der Waals surface area contributed by atoms with Gasteiger partial charge in [0.05, 0.1) is 0 Å². The minimum absolute atomic E-state index is 0.193. The van der Waals surface area contributed by atoms with Gasteiger partial charge in [0.2, 0.25) is 0 Å². The van der Waals surface area contributed by atoms with Crippen molar-refractivity contribution in [3.8, 4) is 0 Å². The molecule has 0 aliphatic heterocycles. The zero-order chi connectivity index (χ0) is 12.2. The average molecular weight is 368 g/mol. The van der Waals surface area contributed by atoms with Gasteiger partial charge in [-0.2, -0.15) is 0 Å². The number of aromatic nitrogens is 1. The molecule has 0 spiro atoms. The van der Waals surface area contributed by atoms with Crippen LogP contribution in [0.2, 0.25) is 5.15 Å². The van der Waals surface area contributed by atoms with Gasteiger partial charge in [-0.05, 0) is 0 Å². The van der Waals surface area contributed by atoms with E-state index in [0.717, 1.165) is 0 Å². The fraction of sp³-hybridized carbons (Fsp3) is 0.250. The Labute approximate surface area is 101 Å². The third kappa shape index (κ3) is 4.97. The number of nitrogens with one attached hydrogen (secondary N) is 1. The molecule has 1 heterocycles. The fourth-order valence-corrected chi connectivity index (χ4v) is 1.87. The normalized spacial score (nSPS) is 12.2. The Balaban J connectivity index is 2.44. The molecule has 0 unspecified atom stereocenters. The number of halogens is 5. The van der Waals surface area contributed by atoms with Crippen LogP contribution in [0.25, 0.3) is 0 Å². The predicted molar refractivity (Wildman–Crippen MR) is 49.8 cm³/mol. The van der Waals surface area contributed by atoms with Crippen molar-refractivity contribution in [1.82, 2.24) is 10.3 Å². The summed E-state index contributed by atoms with van der Waals surface area (Å²) < 4.78 is 35.0. The van der Waals surface area contributed by atoms with Crippen molar-refractivity contribution in [2.75, 3.05) is 11.0 Å². The van der Waals surface area contributed by atoms with Crippen molar-refractivity contribution in [2.24, 2.45) is 0 Å². The Morgan fingerprint density at radius 3 is 2.62 bits per heavy atom. The Hall–Kier alpha value is -0.570. The summed E-state index contributed by atoms with van der Waals surface area (Å²) in [5.41, 5.74) is 0.193. The maximum absolute atomic E-state index is 12.0. The Morgan fingerprint density at radius 1 is 1.44 bits per heavy atom. The summed E-state index contributed by atoms with van der Waals surface area (Å²) in [6, 6.07) is 2.80. The van der Waals surface area contributed by atoms with E-state index in [1.54, 1.807) is 0 Å². The minimum atomic E-state index is -5.97. The molecule has 1 rings (SSSR count). The number of pyridine rings is 1. The summed E-state index contributed by atoms with van der Waals surface area (Å²) in [6.45, 7) is -0.373. The van der Waals surface area contributed by atoms with Crippen LogP contribution in [0.4, 0.5) is 8.58 Å². The van der Waals surface area contributed by atoms with E-state index < -0.39 is 30.5 Å². The number of alkyl halides is 1. The molecule has 1 aromatic heterocycles. The monoisotopic (exact) mass is 367 g/mol. The molecular formula is C8H8ClF3IN2O-. The Kier molecular flexibility index (Phi) is 4.78. The van der Waals surface area contributed by atoms with E-state index in [0.29, 0.717) is 0 Å². The quantitative estimate of drug-likeness (QED) is 0.434.